The highest BCUT2D eigenvalue weighted by Gasteiger charge is 2.41. The number of nitrogens with one attached hydrogen (secondary N) is 2. The first-order valence-electron chi connectivity index (χ1n) is 11.3. The fraction of sp³-hybridized carbons (Fsp3) is 0.727. The van der Waals surface area contributed by atoms with Crippen molar-refractivity contribution in [1.29, 1.82) is 0 Å². The summed E-state index contributed by atoms with van der Waals surface area (Å²) in [6.45, 7) is 12.0. The molecule has 0 saturated carbocycles. The van der Waals surface area contributed by atoms with Gasteiger partial charge in [-0.15, -0.1) is 0 Å². The fourth-order valence-electron chi connectivity index (χ4n) is 5.67. The molecule has 0 atom stereocenters. The summed E-state index contributed by atoms with van der Waals surface area (Å²) in [6, 6.07) is 0.300. The summed E-state index contributed by atoms with van der Waals surface area (Å²) >= 11 is 0. The van der Waals surface area contributed by atoms with Gasteiger partial charge in [0, 0.05) is 43.1 Å². The zero-order valence-electron chi connectivity index (χ0n) is 18.9. The van der Waals surface area contributed by atoms with Gasteiger partial charge in [0.2, 0.25) is 0 Å². The first-order valence-corrected chi connectivity index (χ1v) is 11.3. The lowest BCUT2D eigenvalue weighted by Crippen LogP contribution is -2.60. The topological polar surface area (TPSA) is 97.3 Å². The minimum atomic E-state index is -0.407. The second-order valence-corrected chi connectivity index (χ2v) is 10.4. The van der Waals surface area contributed by atoms with Crippen LogP contribution in [0.25, 0.3) is 11.0 Å². The van der Waals surface area contributed by atoms with Crippen LogP contribution in [-0.2, 0) is 9.47 Å². The Morgan fingerprint density at radius 1 is 0.903 bits per heavy atom. The van der Waals surface area contributed by atoms with Crippen LogP contribution in [0, 0.1) is 0 Å². The lowest BCUT2D eigenvalue weighted by atomic mass is 9.79. The van der Waals surface area contributed by atoms with Crippen molar-refractivity contribution in [2.75, 3.05) is 36.5 Å². The molecule has 0 unspecified atom stereocenters. The number of aromatic nitrogens is 4. The molecule has 5 heterocycles. The van der Waals surface area contributed by atoms with Crippen LogP contribution in [-0.4, -0.2) is 69.1 Å². The number of ether oxygens (including phenoxy) is 2. The van der Waals surface area contributed by atoms with E-state index >= 15 is 0 Å². The molecule has 0 aliphatic carbocycles. The standard InChI is InChI=1S/C22H33N7O2/c1-20(2)11-15(12-21(3,4)28-20)27-18-16-17(24-13-25-18)19(26-14-23-16)29-7-5-22(6-8-29)30-9-10-31-22/h13-15,28H,5-12H2,1-4H3,(H,24,25,27). The average Bonchev–Trinajstić information content (AvgIpc) is 3.14. The number of rotatable bonds is 3. The Bertz CT molecular complexity index is 932. The Hall–Kier alpha value is -2.10. The normalized spacial score (nSPS) is 25.2. The van der Waals surface area contributed by atoms with Gasteiger partial charge in [-0.2, -0.15) is 0 Å². The smallest absolute Gasteiger partial charge is 0.171 e. The van der Waals surface area contributed by atoms with Crippen molar-refractivity contribution in [3.05, 3.63) is 12.7 Å². The molecule has 31 heavy (non-hydrogen) atoms. The molecular formula is C22H33N7O2. The van der Waals surface area contributed by atoms with E-state index < -0.39 is 5.79 Å². The highest BCUT2D eigenvalue weighted by molar-refractivity contribution is 5.92. The molecule has 0 amide bonds. The van der Waals surface area contributed by atoms with E-state index in [9.17, 15) is 0 Å². The summed E-state index contributed by atoms with van der Waals surface area (Å²) in [4.78, 5) is 20.5. The van der Waals surface area contributed by atoms with Gasteiger partial charge < -0.3 is 25.0 Å². The molecule has 0 bridgehead atoms. The van der Waals surface area contributed by atoms with Crippen molar-refractivity contribution >= 4 is 22.7 Å². The molecule has 3 aliphatic heterocycles. The molecule has 2 N–H and O–H groups in total. The third-order valence-electron chi connectivity index (χ3n) is 6.57. The molecule has 0 aromatic carbocycles. The quantitative estimate of drug-likeness (QED) is 0.765. The first kappa shape index (κ1) is 20.8. The second-order valence-electron chi connectivity index (χ2n) is 10.4. The molecule has 2 aromatic rings. The maximum atomic E-state index is 5.87. The van der Waals surface area contributed by atoms with Gasteiger partial charge >= 0.3 is 0 Å². The largest absolute Gasteiger partial charge is 0.365 e. The minimum absolute atomic E-state index is 0.0521. The Labute approximate surface area is 183 Å². The van der Waals surface area contributed by atoms with Crippen molar-refractivity contribution in [1.82, 2.24) is 25.3 Å². The fourth-order valence-corrected chi connectivity index (χ4v) is 5.67. The van der Waals surface area contributed by atoms with Gasteiger partial charge in [0.15, 0.2) is 17.4 Å². The number of hydrogen-bond donors (Lipinski definition) is 2. The van der Waals surface area contributed by atoms with Crippen LogP contribution in [0.2, 0.25) is 0 Å². The summed E-state index contributed by atoms with van der Waals surface area (Å²) in [5.41, 5.74) is 1.67. The molecule has 2 aromatic heterocycles. The molecule has 1 spiro atoms. The van der Waals surface area contributed by atoms with E-state index in [0.717, 1.165) is 61.4 Å². The van der Waals surface area contributed by atoms with Crippen molar-refractivity contribution in [3.63, 3.8) is 0 Å². The summed E-state index contributed by atoms with van der Waals surface area (Å²) in [6.07, 6.45) is 6.91. The van der Waals surface area contributed by atoms with Gasteiger partial charge in [0.1, 0.15) is 23.7 Å². The summed E-state index contributed by atoms with van der Waals surface area (Å²) in [5.74, 6) is 1.23. The Morgan fingerprint density at radius 3 is 2.19 bits per heavy atom. The third-order valence-corrected chi connectivity index (χ3v) is 6.57. The van der Waals surface area contributed by atoms with Crippen molar-refractivity contribution in [3.8, 4) is 0 Å². The summed E-state index contributed by atoms with van der Waals surface area (Å²) in [7, 11) is 0. The SMILES string of the molecule is CC1(C)CC(Nc2ncnc3c(N4CCC5(CC4)OCCO5)ncnc23)CC(C)(C)N1. The van der Waals surface area contributed by atoms with Crippen LogP contribution in [0.3, 0.4) is 0 Å². The van der Waals surface area contributed by atoms with Crippen LogP contribution in [0.4, 0.5) is 11.6 Å². The van der Waals surface area contributed by atoms with Crippen molar-refractivity contribution in [2.45, 2.75) is 76.3 Å². The van der Waals surface area contributed by atoms with E-state index in [-0.39, 0.29) is 11.1 Å². The van der Waals surface area contributed by atoms with E-state index in [4.69, 9.17) is 9.47 Å². The lowest BCUT2D eigenvalue weighted by molar-refractivity contribution is -0.169. The van der Waals surface area contributed by atoms with Gasteiger partial charge in [-0.3, -0.25) is 0 Å². The monoisotopic (exact) mass is 427 g/mol. The van der Waals surface area contributed by atoms with E-state index in [0.29, 0.717) is 19.3 Å². The highest BCUT2D eigenvalue weighted by Crippen LogP contribution is 2.35. The van der Waals surface area contributed by atoms with Gasteiger partial charge in [0.25, 0.3) is 0 Å². The molecule has 9 nitrogen and oxygen atoms in total. The van der Waals surface area contributed by atoms with Crippen LogP contribution in [0.1, 0.15) is 53.4 Å². The van der Waals surface area contributed by atoms with Crippen LogP contribution < -0.4 is 15.5 Å². The number of piperidine rings is 2. The maximum Gasteiger partial charge on any atom is 0.171 e. The number of anilines is 2. The number of nitrogens with zero attached hydrogens (tertiary/aromatic N) is 5. The lowest BCUT2D eigenvalue weighted by Gasteiger charge is -2.46. The zero-order chi connectivity index (χ0) is 21.7. The Morgan fingerprint density at radius 2 is 1.52 bits per heavy atom. The molecule has 9 heteroatoms. The molecule has 3 aliphatic rings. The number of fused-ring (bicyclic) bond motifs is 1. The summed E-state index contributed by atoms with van der Waals surface area (Å²) in [5, 5.41) is 7.40. The van der Waals surface area contributed by atoms with E-state index in [1.807, 2.05) is 0 Å². The summed E-state index contributed by atoms with van der Waals surface area (Å²) < 4.78 is 11.7. The molecule has 3 saturated heterocycles. The second kappa shape index (κ2) is 7.50. The predicted molar refractivity (Wildman–Crippen MR) is 119 cm³/mol. The molecule has 5 rings (SSSR count). The number of hydrogen-bond acceptors (Lipinski definition) is 9. The maximum absolute atomic E-state index is 5.87. The first-order chi connectivity index (χ1) is 14.7. The van der Waals surface area contributed by atoms with Crippen molar-refractivity contribution in [2.24, 2.45) is 0 Å². The Balaban J connectivity index is 1.39. The van der Waals surface area contributed by atoms with Gasteiger partial charge in [-0.1, -0.05) is 0 Å². The highest BCUT2D eigenvalue weighted by atomic mass is 16.7. The molecule has 168 valence electrons. The van der Waals surface area contributed by atoms with Gasteiger partial charge in [-0.25, -0.2) is 19.9 Å². The van der Waals surface area contributed by atoms with Gasteiger partial charge in [0.05, 0.1) is 13.2 Å². The van der Waals surface area contributed by atoms with Crippen LogP contribution in [0.15, 0.2) is 12.7 Å². The third kappa shape index (κ3) is 4.18. The minimum Gasteiger partial charge on any atom is -0.365 e. The van der Waals surface area contributed by atoms with Crippen LogP contribution >= 0.6 is 0 Å². The zero-order valence-corrected chi connectivity index (χ0v) is 18.9. The van der Waals surface area contributed by atoms with E-state index in [2.05, 4.69) is 63.2 Å². The van der Waals surface area contributed by atoms with Gasteiger partial charge in [-0.05, 0) is 40.5 Å². The Kier molecular flexibility index (Phi) is 5.02. The van der Waals surface area contributed by atoms with E-state index in [1.54, 1.807) is 12.7 Å². The molecule has 3 fully saturated rings. The average molecular weight is 428 g/mol. The van der Waals surface area contributed by atoms with Crippen molar-refractivity contribution < 1.29 is 9.47 Å². The van der Waals surface area contributed by atoms with E-state index in [1.165, 1.54) is 0 Å². The van der Waals surface area contributed by atoms with Crippen LogP contribution in [0.5, 0.6) is 0 Å². The predicted octanol–water partition coefficient (Wildman–Crippen LogP) is 2.48. The molecule has 0 radical (unpaired) electrons. The molecular weight excluding hydrogens is 394 g/mol.